The summed E-state index contributed by atoms with van der Waals surface area (Å²) in [5.41, 5.74) is 3.85. The van der Waals surface area contributed by atoms with E-state index in [-0.39, 0.29) is 10.9 Å². The van der Waals surface area contributed by atoms with Crippen molar-refractivity contribution < 1.29 is 9.18 Å². The van der Waals surface area contributed by atoms with E-state index >= 15 is 0 Å². The van der Waals surface area contributed by atoms with Gasteiger partial charge in [-0.1, -0.05) is 29.8 Å². The normalized spacial score (nSPS) is 13.1. The summed E-state index contributed by atoms with van der Waals surface area (Å²) in [7, 11) is 0. The van der Waals surface area contributed by atoms with E-state index in [0.29, 0.717) is 11.3 Å². The van der Waals surface area contributed by atoms with E-state index < -0.39 is 5.82 Å². The highest BCUT2D eigenvalue weighted by atomic mass is 35.5. The van der Waals surface area contributed by atoms with Crippen LogP contribution < -0.4 is 5.32 Å². The van der Waals surface area contributed by atoms with Crippen molar-refractivity contribution in [3.8, 4) is 0 Å². The predicted molar refractivity (Wildman–Crippen MR) is 93.1 cm³/mol. The molecule has 24 heavy (non-hydrogen) atoms. The molecule has 120 valence electrons. The number of rotatable bonds is 2. The van der Waals surface area contributed by atoms with Crippen LogP contribution in [0.5, 0.6) is 0 Å². The van der Waals surface area contributed by atoms with E-state index in [2.05, 4.69) is 10.3 Å². The number of carbonyl (C=O) groups is 1. The summed E-state index contributed by atoms with van der Waals surface area (Å²) < 4.78 is 13.2. The first kappa shape index (κ1) is 15.1. The molecular formula is C19H14ClFN2O. The second-order valence-corrected chi connectivity index (χ2v) is 6.27. The molecule has 1 aliphatic rings. The quantitative estimate of drug-likeness (QED) is 0.730. The number of hydrogen-bond acceptors (Lipinski definition) is 2. The van der Waals surface area contributed by atoms with Crippen molar-refractivity contribution in [3.63, 3.8) is 0 Å². The Morgan fingerprint density at radius 3 is 2.83 bits per heavy atom. The number of carbonyl (C=O) groups excluding carboxylic acids is 1. The molecule has 1 aromatic heterocycles. The molecule has 0 unspecified atom stereocenters. The zero-order chi connectivity index (χ0) is 16.7. The number of amides is 1. The SMILES string of the molecule is O=C(Nc1ccc(F)cc1Cl)c1c2c(nc3ccccc13)CCC2. The highest BCUT2D eigenvalue weighted by Crippen LogP contribution is 2.31. The molecule has 3 aromatic rings. The lowest BCUT2D eigenvalue weighted by atomic mass is 10.0. The van der Waals surface area contributed by atoms with Crippen LogP contribution in [0, 0.1) is 5.82 Å². The first-order valence-corrected chi connectivity index (χ1v) is 8.18. The smallest absolute Gasteiger partial charge is 0.256 e. The number of halogens is 2. The average Bonchev–Trinajstić information content (AvgIpc) is 3.02. The van der Waals surface area contributed by atoms with Crippen molar-refractivity contribution in [3.05, 3.63) is 70.1 Å². The number of hydrogen-bond donors (Lipinski definition) is 1. The third-order valence-electron chi connectivity index (χ3n) is 4.33. The Morgan fingerprint density at radius 2 is 2.00 bits per heavy atom. The van der Waals surface area contributed by atoms with Crippen LogP contribution in [-0.2, 0) is 12.8 Å². The molecule has 0 atom stereocenters. The number of para-hydroxylation sites is 1. The van der Waals surface area contributed by atoms with E-state index in [9.17, 15) is 9.18 Å². The van der Waals surface area contributed by atoms with Gasteiger partial charge < -0.3 is 5.32 Å². The van der Waals surface area contributed by atoms with E-state index in [1.54, 1.807) is 0 Å². The summed E-state index contributed by atoms with van der Waals surface area (Å²) >= 11 is 6.03. The van der Waals surface area contributed by atoms with Crippen molar-refractivity contribution in [2.45, 2.75) is 19.3 Å². The molecule has 0 radical (unpaired) electrons. The maximum Gasteiger partial charge on any atom is 0.256 e. The van der Waals surface area contributed by atoms with Crippen LogP contribution in [0.15, 0.2) is 42.5 Å². The standard InChI is InChI=1S/C19H14ClFN2O/c20-14-10-11(21)8-9-17(14)23-19(24)18-12-4-1-2-6-15(12)22-16-7-3-5-13(16)18/h1-2,4,6,8-10H,3,5,7H2,(H,23,24). The minimum absolute atomic E-state index is 0.179. The molecule has 0 saturated carbocycles. The summed E-state index contributed by atoms with van der Waals surface area (Å²) in [4.78, 5) is 17.6. The van der Waals surface area contributed by atoms with E-state index in [1.807, 2.05) is 24.3 Å². The molecule has 3 nitrogen and oxygen atoms in total. The van der Waals surface area contributed by atoms with Gasteiger partial charge in [-0.15, -0.1) is 0 Å². The van der Waals surface area contributed by atoms with Crippen molar-refractivity contribution in [2.24, 2.45) is 0 Å². The monoisotopic (exact) mass is 340 g/mol. The van der Waals surface area contributed by atoms with Gasteiger partial charge in [0.05, 0.1) is 21.8 Å². The third-order valence-corrected chi connectivity index (χ3v) is 4.64. The van der Waals surface area contributed by atoms with E-state index in [0.717, 1.165) is 41.4 Å². The van der Waals surface area contributed by atoms with Crippen LogP contribution in [-0.4, -0.2) is 10.9 Å². The Balaban J connectivity index is 1.82. The van der Waals surface area contributed by atoms with Crippen LogP contribution in [0.25, 0.3) is 10.9 Å². The highest BCUT2D eigenvalue weighted by Gasteiger charge is 2.24. The molecule has 0 spiro atoms. The Bertz CT molecular complexity index is 971. The largest absolute Gasteiger partial charge is 0.321 e. The lowest BCUT2D eigenvalue weighted by Crippen LogP contribution is -2.16. The molecule has 2 aromatic carbocycles. The van der Waals surface area contributed by atoms with Crippen LogP contribution >= 0.6 is 11.6 Å². The summed E-state index contributed by atoms with van der Waals surface area (Å²) in [6.07, 6.45) is 2.72. The second-order valence-electron chi connectivity index (χ2n) is 5.86. The third kappa shape index (κ3) is 2.53. The van der Waals surface area contributed by atoms with Gasteiger partial charge in [0.25, 0.3) is 5.91 Å². The molecule has 1 aliphatic carbocycles. The first-order valence-electron chi connectivity index (χ1n) is 7.80. The summed E-state index contributed by atoms with van der Waals surface area (Å²) in [6.45, 7) is 0. The average molecular weight is 341 g/mol. The van der Waals surface area contributed by atoms with Gasteiger partial charge in [0.2, 0.25) is 0 Å². The number of nitrogens with zero attached hydrogens (tertiary/aromatic N) is 1. The summed E-state index contributed by atoms with van der Waals surface area (Å²) in [5, 5.41) is 3.82. The van der Waals surface area contributed by atoms with Gasteiger partial charge in [-0.2, -0.15) is 0 Å². The fourth-order valence-corrected chi connectivity index (χ4v) is 3.46. The van der Waals surface area contributed by atoms with Crippen LogP contribution in [0.3, 0.4) is 0 Å². The number of nitrogens with one attached hydrogen (secondary N) is 1. The van der Waals surface area contributed by atoms with Crippen molar-refractivity contribution in [2.75, 3.05) is 5.32 Å². The second kappa shape index (κ2) is 5.87. The summed E-state index contributed by atoms with van der Waals surface area (Å²) in [6, 6.07) is 11.6. The van der Waals surface area contributed by atoms with Crippen molar-refractivity contribution >= 4 is 34.1 Å². The van der Waals surface area contributed by atoms with Crippen LogP contribution in [0.1, 0.15) is 28.0 Å². The number of benzene rings is 2. The van der Waals surface area contributed by atoms with Crippen LogP contribution in [0.4, 0.5) is 10.1 Å². The molecule has 1 heterocycles. The van der Waals surface area contributed by atoms with E-state index in [4.69, 9.17) is 11.6 Å². The Labute approximate surface area is 143 Å². The molecule has 5 heteroatoms. The number of anilines is 1. The lowest BCUT2D eigenvalue weighted by Gasteiger charge is -2.13. The van der Waals surface area contributed by atoms with E-state index in [1.165, 1.54) is 18.2 Å². The van der Waals surface area contributed by atoms with Crippen molar-refractivity contribution in [1.82, 2.24) is 4.98 Å². The summed E-state index contributed by atoms with van der Waals surface area (Å²) in [5.74, 6) is -0.673. The molecule has 0 aliphatic heterocycles. The van der Waals surface area contributed by atoms with Crippen LogP contribution in [0.2, 0.25) is 5.02 Å². The fraction of sp³-hybridized carbons (Fsp3) is 0.158. The zero-order valence-electron chi connectivity index (χ0n) is 12.8. The minimum Gasteiger partial charge on any atom is -0.321 e. The Morgan fingerprint density at radius 1 is 1.17 bits per heavy atom. The van der Waals surface area contributed by atoms with Gasteiger partial charge in [0.1, 0.15) is 5.82 Å². The molecule has 1 amide bonds. The van der Waals surface area contributed by atoms with Gasteiger partial charge in [-0.25, -0.2) is 4.39 Å². The number of aryl methyl sites for hydroxylation is 1. The molecule has 1 N–H and O–H groups in total. The van der Waals surface area contributed by atoms with Gasteiger partial charge >= 0.3 is 0 Å². The Hall–Kier alpha value is -2.46. The first-order chi connectivity index (χ1) is 11.6. The maximum absolute atomic E-state index is 13.2. The molecular weight excluding hydrogens is 327 g/mol. The van der Waals surface area contributed by atoms with Gasteiger partial charge in [-0.05, 0) is 49.1 Å². The number of fused-ring (bicyclic) bond motifs is 2. The molecule has 0 saturated heterocycles. The lowest BCUT2D eigenvalue weighted by molar-refractivity contribution is 0.102. The zero-order valence-corrected chi connectivity index (χ0v) is 13.5. The number of pyridine rings is 1. The van der Waals surface area contributed by atoms with Gasteiger partial charge in [0, 0.05) is 11.1 Å². The minimum atomic E-state index is -0.437. The number of aromatic nitrogens is 1. The Kier molecular flexibility index (Phi) is 3.69. The molecule has 4 rings (SSSR count). The highest BCUT2D eigenvalue weighted by molar-refractivity contribution is 6.34. The predicted octanol–water partition coefficient (Wildman–Crippen LogP) is 4.77. The van der Waals surface area contributed by atoms with Gasteiger partial charge in [-0.3, -0.25) is 9.78 Å². The van der Waals surface area contributed by atoms with Crippen molar-refractivity contribution in [1.29, 1.82) is 0 Å². The van der Waals surface area contributed by atoms with Gasteiger partial charge in [0.15, 0.2) is 0 Å². The maximum atomic E-state index is 13.2. The molecule has 0 bridgehead atoms. The topological polar surface area (TPSA) is 42.0 Å². The molecule has 0 fully saturated rings. The fourth-order valence-electron chi connectivity index (χ4n) is 3.25.